The first-order chi connectivity index (χ1) is 9.69. The number of nitrogens with zero attached hydrogens (tertiary/aromatic N) is 2. The van der Waals surface area contributed by atoms with Gasteiger partial charge in [-0.3, -0.25) is 0 Å². The fourth-order valence-electron chi connectivity index (χ4n) is 2.40. The molecular weight excluding hydrogens is 293 g/mol. The zero-order valence-corrected chi connectivity index (χ0v) is 13.3. The van der Waals surface area contributed by atoms with Gasteiger partial charge in [0.2, 0.25) is 0 Å². The van der Waals surface area contributed by atoms with Crippen molar-refractivity contribution in [3.63, 3.8) is 0 Å². The minimum absolute atomic E-state index is 0.606. The van der Waals surface area contributed by atoms with E-state index in [4.69, 9.17) is 28.2 Å². The van der Waals surface area contributed by atoms with Crippen molar-refractivity contribution in [1.29, 1.82) is 0 Å². The molecule has 110 valence electrons. The van der Waals surface area contributed by atoms with E-state index >= 15 is 0 Å². The molecule has 3 nitrogen and oxygen atoms in total. The monoisotopic (exact) mass is 313 g/mol. The van der Waals surface area contributed by atoms with Gasteiger partial charge in [0, 0.05) is 19.1 Å². The second-order valence-corrected chi connectivity index (χ2v) is 6.69. The van der Waals surface area contributed by atoms with Crippen LogP contribution in [0, 0.1) is 5.92 Å². The lowest BCUT2D eigenvalue weighted by Crippen LogP contribution is -2.29. The lowest BCUT2D eigenvalue weighted by Gasteiger charge is -2.25. The van der Waals surface area contributed by atoms with Crippen molar-refractivity contribution in [3.05, 3.63) is 16.1 Å². The summed E-state index contributed by atoms with van der Waals surface area (Å²) in [6.45, 7) is 4.09. The number of anilines is 2. The molecule has 1 N–H and O–H groups in total. The van der Waals surface area contributed by atoms with Crippen LogP contribution in [-0.2, 0) is 0 Å². The molecule has 0 radical (unpaired) electrons. The molecule has 1 heterocycles. The van der Waals surface area contributed by atoms with Gasteiger partial charge >= 0.3 is 0 Å². The Balaban J connectivity index is 1.85. The van der Waals surface area contributed by atoms with Gasteiger partial charge in [-0.25, -0.2) is 4.98 Å². The zero-order valence-electron chi connectivity index (χ0n) is 11.8. The molecule has 0 unspecified atom stereocenters. The van der Waals surface area contributed by atoms with Crippen LogP contribution in [0.3, 0.4) is 0 Å². The molecular formula is C15H21Cl2N3. The van der Waals surface area contributed by atoms with Crippen LogP contribution in [0.25, 0.3) is 0 Å². The van der Waals surface area contributed by atoms with Crippen LogP contribution in [0.1, 0.15) is 39.0 Å². The number of hydrogen-bond acceptors (Lipinski definition) is 3. The topological polar surface area (TPSA) is 28.2 Å². The van der Waals surface area contributed by atoms with Gasteiger partial charge in [-0.15, -0.1) is 0 Å². The first kappa shape index (κ1) is 14.3. The van der Waals surface area contributed by atoms with Crippen LogP contribution in [0.2, 0.25) is 10.0 Å². The van der Waals surface area contributed by atoms with Crippen molar-refractivity contribution < 1.29 is 0 Å². The van der Waals surface area contributed by atoms with Crippen molar-refractivity contribution in [2.24, 2.45) is 5.92 Å². The summed E-state index contributed by atoms with van der Waals surface area (Å²) in [6.07, 6.45) is 6.24. The summed E-state index contributed by atoms with van der Waals surface area (Å²) in [5.74, 6) is 2.50. The van der Waals surface area contributed by atoms with Crippen LogP contribution in [0.4, 0.5) is 11.6 Å². The van der Waals surface area contributed by atoms with E-state index < -0.39 is 0 Å². The SMILES string of the molecule is CCCNc1nc(N(CC2CC2)C2CC2)c(Cl)cc1Cl. The number of aromatic nitrogens is 1. The van der Waals surface area contributed by atoms with Crippen molar-refractivity contribution in [2.75, 3.05) is 23.3 Å². The molecule has 0 saturated heterocycles. The highest BCUT2D eigenvalue weighted by Crippen LogP contribution is 2.40. The number of halogens is 2. The lowest BCUT2D eigenvalue weighted by atomic mass is 10.3. The fraction of sp³-hybridized carbons (Fsp3) is 0.667. The Labute approximate surface area is 130 Å². The number of rotatable bonds is 7. The Bertz CT molecular complexity index is 484. The second kappa shape index (κ2) is 5.98. The molecule has 0 amide bonds. The Morgan fingerprint density at radius 2 is 2.00 bits per heavy atom. The number of hydrogen-bond donors (Lipinski definition) is 1. The largest absolute Gasteiger partial charge is 0.369 e. The molecule has 0 aliphatic heterocycles. The molecule has 1 aromatic rings. The quantitative estimate of drug-likeness (QED) is 0.798. The smallest absolute Gasteiger partial charge is 0.150 e. The molecule has 1 aromatic heterocycles. The maximum Gasteiger partial charge on any atom is 0.150 e. The standard InChI is InChI=1S/C15H21Cl2N3/c1-2-7-18-14-12(16)8-13(17)15(19-14)20(11-5-6-11)9-10-3-4-10/h8,10-11H,2-7,9H2,1H3,(H,18,19). The maximum absolute atomic E-state index is 6.39. The normalized spacial score (nSPS) is 18.1. The molecule has 0 aromatic carbocycles. The average Bonchev–Trinajstić information content (AvgIpc) is 3.27. The minimum Gasteiger partial charge on any atom is -0.369 e. The van der Waals surface area contributed by atoms with Crippen molar-refractivity contribution in [1.82, 2.24) is 4.98 Å². The van der Waals surface area contributed by atoms with Gasteiger partial charge in [-0.2, -0.15) is 0 Å². The van der Waals surface area contributed by atoms with E-state index in [1.807, 2.05) is 6.07 Å². The summed E-state index contributed by atoms with van der Waals surface area (Å²) in [6, 6.07) is 2.45. The summed E-state index contributed by atoms with van der Waals surface area (Å²) >= 11 is 12.6. The first-order valence-electron chi connectivity index (χ1n) is 7.55. The minimum atomic E-state index is 0.606. The van der Waals surface area contributed by atoms with Gasteiger partial charge in [0.1, 0.15) is 11.6 Å². The van der Waals surface area contributed by atoms with Gasteiger partial charge in [-0.1, -0.05) is 30.1 Å². The molecule has 0 spiro atoms. The highest BCUT2D eigenvalue weighted by molar-refractivity contribution is 6.37. The third-order valence-electron chi connectivity index (χ3n) is 3.86. The molecule has 2 aliphatic rings. The van der Waals surface area contributed by atoms with Crippen molar-refractivity contribution in [3.8, 4) is 0 Å². The molecule has 0 bridgehead atoms. The zero-order chi connectivity index (χ0) is 14.1. The van der Waals surface area contributed by atoms with Crippen LogP contribution in [0.5, 0.6) is 0 Å². The molecule has 5 heteroatoms. The number of pyridine rings is 1. The van der Waals surface area contributed by atoms with Gasteiger partial charge in [-0.05, 0) is 44.1 Å². The second-order valence-electron chi connectivity index (χ2n) is 5.88. The van der Waals surface area contributed by atoms with Crippen LogP contribution in [-0.4, -0.2) is 24.1 Å². The highest BCUT2D eigenvalue weighted by atomic mass is 35.5. The van der Waals surface area contributed by atoms with Gasteiger partial charge in [0.25, 0.3) is 0 Å². The van der Waals surface area contributed by atoms with E-state index in [-0.39, 0.29) is 0 Å². The molecule has 2 fully saturated rings. The Morgan fingerprint density at radius 1 is 1.25 bits per heavy atom. The Morgan fingerprint density at radius 3 is 2.60 bits per heavy atom. The van der Waals surface area contributed by atoms with Crippen LogP contribution in [0.15, 0.2) is 6.07 Å². The van der Waals surface area contributed by atoms with E-state index in [0.29, 0.717) is 16.1 Å². The maximum atomic E-state index is 6.39. The van der Waals surface area contributed by atoms with Gasteiger partial charge in [0.15, 0.2) is 0 Å². The summed E-state index contributed by atoms with van der Waals surface area (Å²) in [5.41, 5.74) is 0. The molecule has 20 heavy (non-hydrogen) atoms. The van der Waals surface area contributed by atoms with Crippen molar-refractivity contribution in [2.45, 2.75) is 45.1 Å². The van der Waals surface area contributed by atoms with Crippen LogP contribution < -0.4 is 10.2 Å². The molecule has 0 atom stereocenters. The molecule has 3 rings (SSSR count). The van der Waals surface area contributed by atoms with E-state index in [1.54, 1.807) is 0 Å². The molecule has 2 saturated carbocycles. The summed E-state index contributed by atoms with van der Waals surface area (Å²) < 4.78 is 0. The van der Waals surface area contributed by atoms with Gasteiger partial charge < -0.3 is 10.2 Å². The van der Waals surface area contributed by atoms with Crippen molar-refractivity contribution >= 4 is 34.8 Å². The third-order valence-corrected chi connectivity index (χ3v) is 4.43. The summed E-state index contributed by atoms with van der Waals surface area (Å²) in [7, 11) is 0. The average molecular weight is 314 g/mol. The highest BCUT2D eigenvalue weighted by Gasteiger charge is 2.35. The lowest BCUT2D eigenvalue weighted by molar-refractivity contribution is 0.709. The predicted octanol–water partition coefficient (Wildman–Crippen LogP) is 4.59. The summed E-state index contributed by atoms with van der Waals surface area (Å²) in [5, 5.41) is 4.56. The van der Waals surface area contributed by atoms with E-state index in [2.05, 4.69) is 17.1 Å². The summed E-state index contributed by atoms with van der Waals surface area (Å²) in [4.78, 5) is 7.10. The Hall–Kier alpha value is -0.670. The van der Waals surface area contributed by atoms with E-state index in [0.717, 1.165) is 37.1 Å². The first-order valence-corrected chi connectivity index (χ1v) is 8.31. The third kappa shape index (κ3) is 3.32. The fourth-order valence-corrected chi connectivity index (χ4v) is 2.93. The van der Waals surface area contributed by atoms with E-state index in [1.165, 1.54) is 25.7 Å². The molecule has 2 aliphatic carbocycles. The predicted molar refractivity (Wildman–Crippen MR) is 86.1 cm³/mol. The van der Waals surface area contributed by atoms with E-state index in [9.17, 15) is 0 Å². The Kier molecular flexibility index (Phi) is 4.27. The number of nitrogens with one attached hydrogen (secondary N) is 1. The van der Waals surface area contributed by atoms with Gasteiger partial charge in [0.05, 0.1) is 10.0 Å². The van der Waals surface area contributed by atoms with Crippen LogP contribution >= 0.6 is 23.2 Å².